The van der Waals surface area contributed by atoms with Gasteiger partial charge in [-0.2, -0.15) is 0 Å². The normalized spacial score (nSPS) is 10.4. The first-order valence-electron chi connectivity index (χ1n) is 5.10. The van der Waals surface area contributed by atoms with Crippen LogP contribution < -0.4 is 4.74 Å². The van der Waals surface area contributed by atoms with E-state index in [0.717, 1.165) is 0 Å². The molecule has 2 rings (SSSR count). The van der Waals surface area contributed by atoms with Crippen molar-refractivity contribution in [3.8, 4) is 5.75 Å². The standard InChI is InChI=1S/C12H13FN2O/c1-10-2-3-11(8-12(10)13)16-7-6-15-5-4-14-9-15/h2-5,8-9H,6-7H2,1H3. The Kier molecular flexibility index (Phi) is 3.19. The zero-order valence-corrected chi connectivity index (χ0v) is 9.06. The van der Waals surface area contributed by atoms with Crippen molar-refractivity contribution in [1.82, 2.24) is 9.55 Å². The summed E-state index contributed by atoms with van der Waals surface area (Å²) in [5.74, 6) is 0.323. The molecule has 0 unspecified atom stereocenters. The Balaban J connectivity index is 1.87. The number of imidazole rings is 1. The lowest BCUT2D eigenvalue weighted by Crippen LogP contribution is -2.06. The molecule has 3 nitrogen and oxygen atoms in total. The lowest BCUT2D eigenvalue weighted by molar-refractivity contribution is 0.297. The zero-order chi connectivity index (χ0) is 11.4. The van der Waals surface area contributed by atoms with Crippen molar-refractivity contribution in [2.75, 3.05) is 6.61 Å². The van der Waals surface area contributed by atoms with Gasteiger partial charge in [-0.1, -0.05) is 6.07 Å². The summed E-state index contributed by atoms with van der Waals surface area (Å²) >= 11 is 0. The Labute approximate surface area is 93.5 Å². The molecule has 1 heterocycles. The van der Waals surface area contributed by atoms with Crippen LogP contribution in [0, 0.1) is 12.7 Å². The highest BCUT2D eigenvalue weighted by atomic mass is 19.1. The van der Waals surface area contributed by atoms with Crippen LogP contribution in [0.25, 0.3) is 0 Å². The van der Waals surface area contributed by atoms with E-state index in [1.54, 1.807) is 31.6 Å². The summed E-state index contributed by atoms with van der Waals surface area (Å²) < 4.78 is 20.5. The maximum atomic E-state index is 13.2. The molecule has 0 fully saturated rings. The zero-order valence-electron chi connectivity index (χ0n) is 9.06. The van der Waals surface area contributed by atoms with Crippen LogP contribution in [0.4, 0.5) is 4.39 Å². The number of halogens is 1. The third-order valence-electron chi connectivity index (χ3n) is 2.32. The molecule has 0 aliphatic rings. The molecule has 1 aromatic heterocycles. The van der Waals surface area contributed by atoms with Crippen molar-refractivity contribution >= 4 is 0 Å². The predicted octanol–water partition coefficient (Wildman–Crippen LogP) is 2.41. The Morgan fingerprint density at radius 2 is 2.31 bits per heavy atom. The van der Waals surface area contributed by atoms with Gasteiger partial charge in [-0.3, -0.25) is 0 Å². The van der Waals surface area contributed by atoms with Crippen LogP contribution in [-0.2, 0) is 6.54 Å². The number of aromatic nitrogens is 2. The number of hydrogen-bond acceptors (Lipinski definition) is 2. The molecule has 4 heteroatoms. The molecule has 0 N–H and O–H groups in total. The smallest absolute Gasteiger partial charge is 0.129 e. The van der Waals surface area contributed by atoms with Gasteiger partial charge >= 0.3 is 0 Å². The van der Waals surface area contributed by atoms with E-state index in [1.165, 1.54) is 6.07 Å². The second-order valence-electron chi connectivity index (χ2n) is 3.56. The van der Waals surface area contributed by atoms with Crippen molar-refractivity contribution in [3.63, 3.8) is 0 Å². The van der Waals surface area contributed by atoms with Crippen LogP contribution in [-0.4, -0.2) is 16.2 Å². The average Bonchev–Trinajstić information content (AvgIpc) is 2.76. The molecule has 0 amide bonds. The molecule has 0 spiro atoms. The molecule has 0 bridgehead atoms. The summed E-state index contributed by atoms with van der Waals surface area (Å²) in [5.41, 5.74) is 0.627. The van der Waals surface area contributed by atoms with Crippen molar-refractivity contribution in [2.24, 2.45) is 0 Å². The van der Waals surface area contributed by atoms with E-state index in [-0.39, 0.29) is 5.82 Å². The van der Waals surface area contributed by atoms with Gasteiger partial charge in [-0.25, -0.2) is 9.37 Å². The largest absolute Gasteiger partial charge is 0.492 e. The van der Waals surface area contributed by atoms with Gasteiger partial charge in [0.25, 0.3) is 0 Å². The molecule has 1 aromatic carbocycles. The van der Waals surface area contributed by atoms with Crippen molar-refractivity contribution in [2.45, 2.75) is 13.5 Å². The van der Waals surface area contributed by atoms with Gasteiger partial charge < -0.3 is 9.30 Å². The molecule has 0 aliphatic carbocycles. The summed E-state index contributed by atoms with van der Waals surface area (Å²) in [6.45, 7) is 2.93. The van der Waals surface area contributed by atoms with Gasteiger partial charge in [0, 0.05) is 18.5 Å². The number of rotatable bonds is 4. The molecule has 0 atom stereocenters. The lowest BCUT2D eigenvalue weighted by Gasteiger charge is -2.07. The maximum absolute atomic E-state index is 13.2. The van der Waals surface area contributed by atoms with Crippen LogP contribution in [0.2, 0.25) is 0 Å². The molecular weight excluding hydrogens is 207 g/mol. The first kappa shape index (κ1) is 10.7. The van der Waals surface area contributed by atoms with Crippen LogP contribution in [0.1, 0.15) is 5.56 Å². The van der Waals surface area contributed by atoms with Crippen LogP contribution in [0.3, 0.4) is 0 Å². The third-order valence-corrected chi connectivity index (χ3v) is 2.32. The topological polar surface area (TPSA) is 27.1 Å². The predicted molar refractivity (Wildman–Crippen MR) is 58.9 cm³/mol. The average molecular weight is 220 g/mol. The van der Waals surface area contributed by atoms with Gasteiger partial charge in [-0.05, 0) is 18.6 Å². The van der Waals surface area contributed by atoms with Gasteiger partial charge in [0.1, 0.15) is 18.2 Å². The molecule has 0 saturated carbocycles. The van der Waals surface area contributed by atoms with E-state index in [1.807, 2.05) is 10.8 Å². The number of nitrogens with zero attached hydrogens (tertiary/aromatic N) is 2. The molecular formula is C12H13FN2O. The summed E-state index contributed by atoms with van der Waals surface area (Å²) in [7, 11) is 0. The highest BCUT2D eigenvalue weighted by molar-refractivity contribution is 5.27. The van der Waals surface area contributed by atoms with E-state index in [4.69, 9.17) is 4.74 Å². The molecule has 0 saturated heterocycles. The summed E-state index contributed by atoms with van der Waals surface area (Å²) in [5, 5.41) is 0. The molecule has 0 radical (unpaired) electrons. The molecule has 84 valence electrons. The van der Waals surface area contributed by atoms with E-state index in [0.29, 0.717) is 24.5 Å². The number of hydrogen-bond donors (Lipinski definition) is 0. The number of benzene rings is 1. The second-order valence-corrected chi connectivity index (χ2v) is 3.56. The lowest BCUT2D eigenvalue weighted by atomic mass is 10.2. The highest BCUT2D eigenvalue weighted by Gasteiger charge is 2.00. The summed E-state index contributed by atoms with van der Waals surface area (Å²) in [6, 6.07) is 4.89. The first-order chi connectivity index (χ1) is 7.75. The van der Waals surface area contributed by atoms with Gasteiger partial charge in [-0.15, -0.1) is 0 Å². The van der Waals surface area contributed by atoms with E-state index in [9.17, 15) is 4.39 Å². The minimum absolute atomic E-state index is 0.236. The fourth-order valence-corrected chi connectivity index (χ4v) is 1.35. The van der Waals surface area contributed by atoms with E-state index >= 15 is 0 Å². The van der Waals surface area contributed by atoms with E-state index < -0.39 is 0 Å². The maximum Gasteiger partial charge on any atom is 0.129 e. The molecule has 16 heavy (non-hydrogen) atoms. The van der Waals surface area contributed by atoms with Crippen LogP contribution >= 0.6 is 0 Å². The van der Waals surface area contributed by atoms with Crippen molar-refractivity contribution in [1.29, 1.82) is 0 Å². The third kappa shape index (κ3) is 2.59. The highest BCUT2D eigenvalue weighted by Crippen LogP contribution is 2.15. The van der Waals surface area contributed by atoms with Gasteiger partial charge in [0.15, 0.2) is 0 Å². The summed E-state index contributed by atoms with van der Waals surface area (Å²) in [4.78, 5) is 3.92. The fraction of sp³-hybridized carbons (Fsp3) is 0.250. The Bertz CT molecular complexity index is 454. The Morgan fingerprint density at radius 3 is 3.00 bits per heavy atom. The van der Waals surface area contributed by atoms with Crippen molar-refractivity contribution < 1.29 is 9.13 Å². The van der Waals surface area contributed by atoms with Gasteiger partial charge in [0.05, 0.1) is 12.9 Å². The van der Waals surface area contributed by atoms with Crippen molar-refractivity contribution in [3.05, 3.63) is 48.3 Å². The Morgan fingerprint density at radius 1 is 1.44 bits per heavy atom. The Hall–Kier alpha value is -1.84. The number of aryl methyl sites for hydroxylation is 1. The quantitative estimate of drug-likeness (QED) is 0.791. The minimum Gasteiger partial charge on any atom is -0.492 e. The molecule has 2 aromatic rings. The van der Waals surface area contributed by atoms with Crippen LogP contribution in [0.5, 0.6) is 5.75 Å². The van der Waals surface area contributed by atoms with E-state index in [2.05, 4.69) is 4.98 Å². The second kappa shape index (κ2) is 4.79. The summed E-state index contributed by atoms with van der Waals surface area (Å²) in [6.07, 6.45) is 5.30. The first-order valence-corrected chi connectivity index (χ1v) is 5.10. The monoisotopic (exact) mass is 220 g/mol. The van der Waals surface area contributed by atoms with Gasteiger partial charge in [0.2, 0.25) is 0 Å². The fourth-order valence-electron chi connectivity index (χ4n) is 1.35. The molecule has 0 aliphatic heterocycles. The SMILES string of the molecule is Cc1ccc(OCCn2ccnc2)cc1F. The van der Waals surface area contributed by atoms with Crippen LogP contribution in [0.15, 0.2) is 36.9 Å². The minimum atomic E-state index is -0.236. The number of ether oxygens (including phenoxy) is 1.